The summed E-state index contributed by atoms with van der Waals surface area (Å²) in [5.41, 5.74) is 2.94. The molecule has 0 unspecified atom stereocenters. The van der Waals surface area contributed by atoms with Gasteiger partial charge in [-0.05, 0) is 36.4 Å². The number of hydrogen-bond acceptors (Lipinski definition) is 5. The molecule has 1 N–H and O–H groups in total. The second kappa shape index (κ2) is 6.67. The summed E-state index contributed by atoms with van der Waals surface area (Å²) in [6.45, 7) is 0. The van der Waals surface area contributed by atoms with Gasteiger partial charge in [-0.3, -0.25) is 0 Å². The number of nitrogens with zero attached hydrogens (tertiary/aromatic N) is 1. The fourth-order valence-electron chi connectivity index (χ4n) is 2.09. The van der Waals surface area contributed by atoms with Crippen molar-refractivity contribution in [1.82, 2.24) is 4.98 Å². The van der Waals surface area contributed by atoms with Crippen molar-refractivity contribution in [2.24, 2.45) is 0 Å². The number of oxazole rings is 1. The molecule has 22 heavy (non-hydrogen) atoms. The van der Waals surface area contributed by atoms with Gasteiger partial charge in [-0.15, -0.1) is 0 Å². The maximum absolute atomic E-state index is 5.41. The van der Waals surface area contributed by atoms with E-state index in [1.165, 1.54) is 6.39 Å². The van der Waals surface area contributed by atoms with E-state index < -0.39 is 0 Å². The molecule has 0 bridgehead atoms. The molecule has 0 aliphatic rings. The molecule has 0 spiro atoms. The average Bonchev–Trinajstić information content (AvgIpc) is 3.24. The van der Waals surface area contributed by atoms with Gasteiger partial charge in [0.1, 0.15) is 5.75 Å². The van der Waals surface area contributed by atoms with Crippen LogP contribution in [-0.2, 0) is 6.42 Å². The largest absolute Gasteiger partial charge is 0.496 e. The van der Waals surface area contributed by atoms with Crippen LogP contribution in [-0.4, -0.2) is 12.1 Å². The van der Waals surface area contributed by atoms with E-state index in [4.69, 9.17) is 13.6 Å². The van der Waals surface area contributed by atoms with Gasteiger partial charge in [0.05, 0.1) is 31.4 Å². The van der Waals surface area contributed by atoms with E-state index >= 15 is 0 Å². The Labute approximate surface area is 128 Å². The Morgan fingerprint density at radius 3 is 3.00 bits per heavy atom. The van der Waals surface area contributed by atoms with E-state index in [2.05, 4.69) is 10.3 Å². The van der Waals surface area contributed by atoms with Crippen LogP contribution in [0, 0.1) is 0 Å². The molecule has 0 saturated heterocycles. The van der Waals surface area contributed by atoms with Crippen molar-refractivity contribution in [1.29, 1.82) is 0 Å². The van der Waals surface area contributed by atoms with E-state index in [9.17, 15) is 0 Å². The molecule has 5 nitrogen and oxygen atoms in total. The summed E-state index contributed by atoms with van der Waals surface area (Å²) in [5.74, 6) is 1.41. The Bertz CT molecular complexity index is 731. The number of rotatable bonds is 6. The zero-order chi connectivity index (χ0) is 15.2. The summed E-state index contributed by atoms with van der Waals surface area (Å²) < 4.78 is 15.7. The molecule has 112 valence electrons. The number of methoxy groups -OCH3 is 1. The predicted molar refractivity (Wildman–Crippen MR) is 83.7 cm³/mol. The van der Waals surface area contributed by atoms with Crippen LogP contribution < -0.4 is 10.1 Å². The van der Waals surface area contributed by atoms with Crippen molar-refractivity contribution in [3.05, 3.63) is 67.2 Å². The Morgan fingerprint density at radius 1 is 1.32 bits per heavy atom. The van der Waals surface area contributed by atoms with Crippen LogP contribution in [0.5, 0.6) is 5.75 Å². The van der Waals surface area contributed by atoms with Gasteiger partial charge >= 0.3 is 0 Å². The van der Waals surface area contributed by atoms with E-state index in [0.29, 0.717) is 5.76 Å². The van der Waals surface area contributed by atoms with Crippen LogP contribution in [0.4, 0.5) is 5.69 Å². The minimum absolute atomic E-state index is 0.680. The quantitative estimate of drug-likeness (QED) is 0.741. The van der Waals surface area contributed by atoms with Crippen LogP contribution in [0.1, 0.15) is 5.56 Å². The number of furan rings is 1. The Balaban J connectivity index is 1.68. The molecule has 3 rings (SSSR count). The van der Waals surface area contributed by atoms with Gasteiger partial charge in [-0.25, -0.2) is 4.98 Å². The maximum atomic E-state index is 5.41. The summed E-state index contributed by atoms with van der Waals surface area (Å²) >= 11 is 0. The Kier molecular flexibility index (Phi) is 4.25. The highest BCUT2D eigenvalue weighted by Crippen LogP contribution is 2.32. The molecule has 5 heteroatoms. The number of nitrogens with one attached hydrogen (secondary N) is 1. The molecule has 0 aliphatic heterocycles. The number of aromatic nitrogens is 1. The molecule has 0 atom stereocenters. The van der Waals surface area contributed by atoms with E-state index in [-0.39, 0.29) is 0 Å². The van der Waals surface area contributed by atoms with Gasteiger partial charge in [-0.2, -0.15) is 0 Å². The third-order valence-corrected chi connectivity index (χ3v) is 3.20. The number of anilines is 1. The SMILES string of the molecule is COc1cc(NC=CCc2ccoc2)ccc1-c1cnco1. The predicted octanol–water partition coefficient (Wildman–Crippen LogP) is 4.11. The van der Waals surface area contributed by atoms with Crippen LogP contribution in [0.2, 0.25) is 0 Å². The molecule has 1 aromatic carbocycles. The van der Waals surface area contributed by atoms with E-state index in [1.807, 2.05) is 36.5 Å². The van der Waals surface area contributed by atoms with Crippen LogP contribution in [0.25, 0.3) is 11.3 Å². The highest BCUT2D eigenvalue weighted by Gasteiger charge is 2.09. The number of benzene rings is 1. The average molecular weight is 296 g/mol. The fraction of sp³-hybridized carbons (Fsp3) is 0.118. The second-order valence-corrected chi connectivity index (χ2v) is 4.66. The fourth-order valence-corrected chi connectivity index (χ4v) is 2.09. The first kappa shape index (κ1) is 14.0. The third-order valence-electron chi connectivity index (χ3n) is 3.20. The highest BCUT2D eigenvalue weighted by atomic mass is 16.5. The van der Waals surface area contributed by atoms with Gasteiger partial charge in [0, 0.05) is 11.8 Å². The summed E-state index contributed by atoms with van der Waals surface area (Å²) in [5, 5.41) is 3.22. The third kappa shape index (κ3) is 3.20. The van der Waals surface area contributed by atoms with E-state index in [0.717, 1.165) is 29.0 Å². The minimum atomic E-state index is 0.680. The van der Waals surface area contributed by atoms with Crippen LogP contribution >= 0.6 is 0 Å². The minimum Gasteiger partial charge on any atom is -0.496 e. The highest BCUT2D eigenvalue weighted by molar-refractivity contribution is 5.69. The topological polar surface area (TPSA) is 60.4 Å². The number of allylic oxidation sites excluding steroid dienone is 1. The van der Waals surface area contributed by atoms with Crippen molar-refractivity contribution in [2.45, 2.75) is 6.42 Å². The lowest BCUT2D eigenvalue weighted by Crippen LogP contribution is -1.92. The standard InChI is InChI=1S/C17H16N2O3/c1-20-16-9-14(4-5-15(16)17-10-18-12-22-17)19-7-2-3-13-6-8-21-11-13/h2,4-12,19H,3H2,1H3. The lowest BCUT2D eigenvalue weighted by molar-refractivity contribution is 0.415. The molecular weight excluding hydrogens is 280 g/mol. The van der Waals surface area contributed by atoms with Crippen LogP contribution in [0.15, 0.2) is 70.5 Å². The van der Waals surface area contributed by atoms with Crippen molar-refractivity contribution in [2.75, 3.05) is 12.4 Å². The van der Waals surface area contributed by atoms with Gasteiger partial charge in [0.15, 0.2) is 12.2 Å². The van der Waals surface area contributed by atoms with Crippen molar-refractivity contribution >= 4 is 5.69 Å². The normalized spacial score (nSPS) is 11.0. The number of hydrogen-bond donors (Lipinski definition) is 1. The first-order valence-electron chi connectivity index (χ1n) is 6.86. The molecule has 0 fully saturated rings. The molecule has 0 saturated carbocycles. The van der Waals surface area contributed by atoms with Crippen molar-refractivity contribution in [3.63, 3.8) is 0 Å². The molecule has 0 amide bonds. The Morgan fingerprint density at radius 2 is 2.27 bits per heavy atom. The second-order valence-electron chi connectivity index (χ2n) is 4.66. The zero-order valence-electron chi connectivity index (χ0n) is 12.2. The molecule has 0 aliphatic carbocycles. The molecule has 3 aromatic rings. The van der Waals surface area contributed by atoms with Gasteiger partial charge in [0.25, 0.3) is 0 Å². The molecule has 2 aromatic heterocycles. The monoisotopic (exact) mass is 296 g/mol. The van der Waals surface area contributed by atoms with Crippen LogP contribution in [0.3, 0.4) is 0 Å². The van der Waals surface area contributed by atoms with Gasteiger partial charge < -0.3 is 18.9 Å². The summed E-state index contributed by atoms with van der Waals surface area (Å²) in [6.07, 6.45) is 11.2. The lowest BCUT2D eigenvalue weighted by Gasteiger charge is -2.08. The van der Waals surface area contributed by atoms with Gasteiger partial charge in [0.2, 0.25) is 0 Å². The first-order chi connectivity index (χ1) is 10.9. The molecular formula is C17H16N2O3. The van der Waals surface area contributed by atoms with E-state index in [1.54, 1.807) is 25.8 Å². The lowest BCUT2D eigenvalue weighted by atomic mass is 10.1. The summed E-state index contributed by atoms with van der Waals surface area (Å²) in [4.78, 5) is 3.92. The first-order valence-corrected chi connectivity index (χ1v) is 6.86. The Hall–Kier alpha value is -2.95. The van der Waals surface area contributed by atoms with Crippen molar-refractivity contribution in [3.8, 4) is 17.1 Å². The smallest absolute Gasteiger partial charge is 0.181 e. The zero-order valence-corrected chi connectivity index (χ0v) is 12.2. The number of ether oxygens (including phenoxy) is 1. The van der Waals surface area contributed by atoms with Crippen molar-refractivity contribution < 1.29 is 13.6 Å². The summed E-state index contributed by atoms with van der Waals surface area (Å²) in [7, 11) is 1.63. The van der Waals surface area contributed by atoms with Gasteiger partial charge in [-0.1, -0.05) is 6.08 Å². The molecule has 0 radical (unpaired) electrons. The maximum Gasteiger partial charge on any atom is 0.181 e. The molecule has 2 heterocycles. The summed E-state index contributed by atoms with van der Waals surface area (Å²) in [6, 6.07) is 7.76.